The van der Waals surface area contributed by atoms with Gasteiger partial charge in [0.05, 0.1) is 65.8 Å². The molecule has 2 heterocycles. The first-order valence-electron chi connectivity index (χ1n) is 25.3. The van der Waals surface area contributed by atoms with Gasteiger partial charge in [-0.25, -0.2) is 9.53 Å². The third-order valence-corrected chi connectivity index (χ3v) is 24.6. The predicted molar refractivity (Wildman–Crippen MR) is 319 cm³/mol. The van der Waals surface area contributed by atoms with Crippen LogP contribution in [-0.2, 0) is 59.1 Å². The maximum absolute atomic E-state index is 12.9. The van der Waals surface area contributed by atoms with Gasteiger partial charge in [0.15, 0.2) is 23.2 Å². The number of hydroxylamine groups is 3. The van der Waals surface area contributed by atoms with Gasteiger partial charge in [0, 0.05) is 5.56 Å². The van der Waals surface area contributed by atoms with Crippen molar-refractivity contribution >= 4 is 80.0 Å². The number of cyclic esters (lactones) is 1. The Labute approximate surface area is 480 Å². The Hall–Kier alpha value is -4.08. The number of hydrogen-bond donors (Lipinski definition) is 1. The molecule has 6 rings (SSSR count). The quantitative estimate of drug-likeness (QED) is 0.0130. The van der Waals surface area contributed by atoms with Crippen molar-refractivity contribution in [3.63, 3.8) is 0 Å². The van der Waals surface area contributed by atoms with Gasteiger partial charge in [0.1, 0.15) is 54.5 Å². The van der Waals surface area contributed by atoms with Gasteiger partial charge < -0.3 is 47.6 Å². The Morgan fingerprint density at radius 1 is 0.789 bits per heavy atom. The van der Waals surface area contributed by atoms with E-state index in [1.54, 1.807) is 38.3 Å². The first-order chi connectivity index (χ1) is 35.6. The van der Waals surface area contributed by atoms with E-state index >= 15 is 0 Å². The fourth-order valence-corrected chi connectivity index (χ4v) is 10.7. The molecule has 4 aromatic carbocycles. The number of carbonyl (C=O) groups excluding carboxylic acids is 2. The molecule has 2 aliphatic rings. The molecule has 0 aliphatic carbocycles. The summed E-state index contributed by atoms with van der Waals surface area (Å²) < 4.78 is 47.5. The Bertz CT molecular complexity index is 2550. The van der Waals surface area contributed by atoms with E-state index in [0.717, 1.165) is 47.3 Å². The summed E-state index contributed by atoms with van der Waals surface area (Å²) in [6.07, 6.45) is 3.67. The Kier molecular flexibility index (Phi) is 24.8. The van der Waals surface area contributed by atoms with Crippen molar-refractivity contribution in [3.05, 3.63) is 132 Å². The van der Waals surface area contributed by atoms with Crippen LogP contribution in [-0.4, -0.2) is 109 Å². The molecular weight excluding hydrogens is 1230 g/mol. The second-order valence-electron chi connectivity index (χ2n) is 21.7. The monoisotopic (exact) mass is 1310 g/mol. The van der Waals surface area contributed by atoms with Crippen LogP contribution in [0.2, 0.25) is 36.3 Å². The minimum atomic E-state index is -1.97. The molecule has 76 heavy (non-hydrogen) atoms. The van der Waals surface area contributed by atoms with Crippen molar-refractivity contribution < 1.29 is 61.5 Å². The third kappa shape index (κ3) is 19.1. The van der Waals surface area contributed by atoms with Gasteiger partial charge in [-0.3, -0.25) is 9.63 Å². The van der Waals surface area contributed by atoms with E-state index in [0.29, 0.717) is 49.0 Å². The van der Waals surface area contributed by atoms with Crippen LogP contribution in [0.15, 0.2) is 97.1 Å². The smallest absolute Gasteiger partial charge is 0.396 e. The number of esters is 2. The molecule has 2 aliphatic heterocycles. The number of halogens is 2. The summed E-state index contributed by atoms with van der Waals surface area (Å²) in [6, 6.07) is 26.5. The van der Waals surface area contributed by atoms with Gasteiger partial charge in [0.25, 0.3) is 6.21 Å². The van der Waals surface area contributed by atoms with E-state index in [2.05, 4.69) is 118 Å². The molecule has 15 nitrogen and oxygen atoms in total. The van der Waals surface area contributed by atoms with Crippen molar-refractivity contribution in [1.29, 1.82) is 0 Å². The van der Waals surface area contributed by atoms with Crippen LogP contribution in [0.4, 0.5) is 0 Å². The normalized spacial score (nSPS) is 18.4. The standard InChI is InChI=1S/C28H38INO6Si.C18H18INO5.C11H24O2Si/c1-18-24-23(17-34-37(6,7)28(2,3)4)36-30(25(24)27(31)35-18)15-20-9-8-10-22(29)26(20)33-16-19-11-13-21(32-5)14-12-19;1-23-15-8-6-13(7-9-15)12-25-18-14(4-3-5-16(18)19)10-20(22)11-17(21)24-2;1-10(12)8-7-9-13-14(5,6)11(2,3)4/h8-14,18,23-25H,15-17H2,1-7H3;3-9,11H,10,12H2,1-2H3;7-8,10,12H,9H2,1-6H3/b;20-11-;8-7-/t18-,23-,24+,25-;;10-/m0.0/s1. The van der Waals surface area contributed by atoms with Crippen LogP contribution >= 0.6 is 45.2 Å². The number of benzene rings is 4. The fraction of sp³-hybridized carbons (Fsp3) is 0.491. The number of ether oxygens (including phenoxy) is 6. The van der Waals surface area contributed by atoms with Gasteiger partial charge in [-0.1, -0.05) is 96.2 Å². The van der Waals surface area contributed by atoms with Gasteiger partial charge in [0.2, 0.25) is 0 Å². The fourth-order valence-electron chi connectivity index (χ4n) is 7.37. The van der Waals surface area contributed by atoms with Gasteiger partial charge in [-0.2, -0.15) is 5.06 Å². The molecule has 0 bridgehead atoms. The highest BCUT2D eigenvalue weighted by molar-refractivity contribution is 14.1. The average molecular weight is 1310 g/mol. The maximum atomic E-state index is 12.9. The van der Waals surface area contributed by atoms with Crippen LogP contribution in [0.5, 0.6) is 23.0 Å². The molecule has 4 aromatic rings. The third-order valence-electron chi connectivity index (χ3n) is 13.9. The Morgan fingerprint density at radius 2 is 1.28 bits per heavy atom. The lowest BCUT2D eigenvalue weighted by Gasteiger charge is -2.37. The molecule has 418 valence electrons. The highest BCUT2D eigenvalue weighted by Crippen LogP contribution is 2.42. The first kappa shape index (κ1) is 64.4. The summed E-state index contributed by atoms with van der Waals surface area (Å²) >= 11 is 4.44. The number of methoxy groups -OCH3 is 3. The predicted octanol–water partition coefficient (Wildman–Crippen LogP) is 12.0. The molecule has 0 spiro atoms. The molecule has 0 radical (unpaired) electrons. The molecule has 2 fully saturated rings. The van der Waals surface area contributed by atoms with E-state index < -0.39 is 28.6 Å². The molecule has 5 atom stereocenters. The lowest BCUT2D eigenvalue weighted by atomic mass is 9.93. The van der Waals surface area contributed by atoms with E-state index in [1.165, 1.54) is 7.11 Å². The second-order valence-corrected chi connectivity index (χ2v) is 33.6. The van der Waals surface area contributed by atoms with Crippen molar-refractivity contribution in [3.8, 4) is 23.0 Å². The number of nitrogens with zero attached hydrogens (tertiary/aromatic N) is 2. The maximum Gasteiger partial charge on any atom is 0.396 e. The number of rotatable bonds is 20. The summed E-state index contributed by atoms with van der Waals surface area (Å²) in [4.78, 5) is 30.5. The molecule has 1 N–H and O–H groups in total. The average Bonchev–Trinajstić information content (AvgIpc) is 3.87. The molecule has 0 aromatic heterocycles. The van der Waals surface area contributed by atoms with Crippen molar-refractivity contribution in [1.82, 2.24) is 5.06 Å². The minimum Gasteiger partial charge on any atom is -0.623 e. The zero-order chi connectivity index (χ0) is 56.6. The largest absolute Gasteiger partial charge is 0.623 e. The summed E-state index contributed by atoms with van der Waals surface area (Å²) in [5.74, 6) is 1.99. The molecule has 19 heteroatoms. The molecular formula is C57H80I2N2O13Si2. The Balaban J connectivity index is 0.000000276. The van der Waals surface area contributed by atoms with E-state index in [1.807, 2.05) is 91.9 Å². The summed E-state index contributed by atoms with van der Waals surface area (Å²) in [6.45, 7) is 28.2. The van der Waals surface area contributed by atoms with Crippen molar-refractivity contribution in [2.24, 2.45) is 5.92 Å². The molecule has 0 saturated carbocycles. The van der Waals surface area contributed by atoms with Crippen molar-refractivity contribution in [2.75, 3.05) is 34.5 Å². The topological polar surface area (TPSA) is 167 Å². The SMILES string of the molecule is COC(=O)/C=[N+](\[O-])Cc1cccc(I)c1OCc1ccc(OC)cc1.COc1ccc(COc2c(I)cccc2CN2O[C@@H](CO[Si](C)(C)C(C)(C)C)[C@H]3[C@H](C)OC(=O)[C@H]32)cc1.C[C@H](O)/C=C\CO[Si](C)(C)C(C)(C)C. The number of hydrogen-bond acceptors (Lipinski definition) is 14. The van der Waals surface area contributed by atoms with Crippen LogP contribution < -0.4 is 18.9 Å². The highest BCUT2D eigenvalue weighted by atomic mass is 127. The van der Waals surface area contributed by atoms with Crippen molar-refractivity contribution in [2.45, 2.75) is 142 Å². The number of aliphatic hydroxyl groups excluding tert-OH is 1. The Morgan fingerprint density at radius 3 is 1.75 bits per heavy atom. The van der Waals surface area contributed by atoms with Crippen LogP contribution in [0.25, 0.3) is 0 Å². The molecule has 0 amide bonds. The number of aliphatic hydroxyl groups is 1. The van der Waals surface area contributed by atoms with E-state index in [9.17, 15) is 14.8 Å². The van der Waals surface area contributed by atoms with E-state index in [-0.39, 0.29) is 46.8 Å². The summed E-state index contributed by atoms with van der Waals surface area (Å²) in [7, 11) is 0.912. The lowest BCUT2D eigenvalue weighted by Crippen LogP contribution is -2.44. The highest BCUT2D eigenvalue weighted by Gasteiger charge is 2.57. The van der Waals surface area contributed by atoms with Crippen LogP contribution in [0, 0.1) is 18.3 Å². The van der Waals surface area contributed by atoms with Crippen LogP contribution in [0.1, 0.15) is 77.6 Å². The molecule has 0 unspecified atom stereocenters. The minimum absolute atomic E-state index is 0.0100. The number of carbonyl (C=O) groups is 2. The van der Waals surface area contributed by atoms with Gasteiger partial charge in [-0.05, 0) is 149 Å². The zero-order valence-electron chi connectivity index (χ0n) is 46.9. The first-order valence-corrected chi connectivity index (χ1v) is 33.3. The molecule has 2 saturated heterocycles. The van der Waals surface area contributed by atoms with Crippen LogP contribution in [0.3, 0.4) is 0 Å². The number of para-hydroxylation sites is 2. The summed E-state index contributed by atoms with van der Waals surface area (Å²) in [5.41, 5.74) is 3.67. The number of fused-ring (bicyclic) bond motifs is 1. The second kappa shape index (κ2) is 29.2. The van der Waals surface area contributed by atoms with Gasteiger partial charge >= 0.3 is 11.9 Å². The lowest BCUT2D eigenvalue weighted by molar-refractivity contribution is -0.469. The summed E-state index contributed by atoms with van der Waals surface area (Å²) in [5, 5.41) is 23.0. The van der Waals surface area contributed by atoms with Gasteiger partial charge in [-0.15, -0.1) is 0 Å². The zero-order valence-corrected chi connectivity index (χ0v) is 53.3. The van der Waals surface area contributed by atoms with E-state index in [4.69, 9.17) is 42.5 Å².